The molecule has 8 heteroatoms. The lowest BCUT2D eigenvalue weighted by Crippen LogP contribution is -2.56. The van der Waals surface area contributed by atoms with Gasteiger partial charge >= 0.3 is 18.0 Å². The summed E-state index contributed by atoms with van der Waals surface area (Å²) in [5, 5.41) is 0. The predicted octanol–water partition coefficient (Wildman–Crippen LogP) is 4.32. The second-order valence-electron chi connectivity index (χ2n) is 4.22. The van der Waals surface area contributed by atoms with Gasteiger partial charge in [0.15, 0.2) is 0 Å². The molecule has 1 aromatic rings. The quantitative estimate of drug-likeness (QED) is 0.600. The van der Waals surface area contributed by atoms with Gasteiger partial charge in [-0.05, 0) is 25.0 Å². The summed E-state index contributed by atoms with van der Waals surface area (Å²) in [6.07, 6.45) is -6.52. The van der Waals surface area contributed by atoms with Gasteiger partial charge < -0.3 is 0 Å². The third-order valence-electron chi connectivity index (χ3n) is 2.88. The number of hydrogen-bond acceptors (Lipinski definition) is 1. The van der Waals surface area contributed by atoms with Crippen molar-refractivity contribution in [2.45, 2.75) is 31.9 Å². The molecule has 0 spiro atoms. The van der Waals surface area contributed by atoms with Gasteiger partial charge in [0, 0.05) is 5.56 Å². The van der Waals surface area contributed by atoms with Crippen molar-refractivity contribution in [3.05, 3.63) is 34.9 Å². The van der Waals surface area contributed by atoms with E-state index < -0.39 is 29.4 Å². The van der Waals surface area contributed by atoms with E-state index in [0.717, 1.165) is 12.1 Å². The topological polar surface area (TPSA) is 17.1 Å². The highest BCUT2D eigenvalue weighted by Crippen LogP contribution is 2.48. The number of carbonyl (C=O) groups excluding carboxylic acids is 1. The molecule has 112 valence electrons. The van der Waals surface area contributed by atoms with Crippen LogP contribution < -0.4 is 0 Å². The summed E-state index contributed by atoms with van der Waals surface area (Å²) in [7, 11) is 0. The zero-order valence-electron chi connectivity index (χ0n) is 10.3. The number of ketones is 1. The lowest BCUT2D eigenvalue weighted by Gasteiger charge is -2.27. The van der Waals surface area contributed by atoms with Crippen LogP contribution in [0.5, 0.6) is 0 Å². The summed E-state index contributed by atoms with van der Waals surface area (Å²) in [6, 6.07) is 3.31. The number of benzene rings is 1. The molecule has 1 aromatic carbocycles. The third kappa shape index (κ3) is 2.38. The van der Waals surface area contributed by atoms with Gasteiger partial charge in [0.1, 0.15) is 0 Å². The number of aryl methyl sites for hydroxylation is 1. The smallest absolute Gasteiger partial charge is 0.287 e. The summed E-state index contributed by atoms with van der Waals surface area (Å²) in [5.74, 6) is -14.9. The fourth-order valence-corrected chi connectivity index (χ4v) is 1.49. The van der Waals surface area contributed by atoms with E-state index in [-0.39, 0.29) is 5.56 Å². The highest BCUT2D eigenvalue weighted by molar-refractivity contribution is 6.03. The Morgan fingerprint density at radius 3 is 1.90 bits per heavy atom. The molecular formula is C12H9F7O. The molecule has 0 amide bonds. The van der Waals surface area contributed by atoms with Crippen LogP contribution >= 0.6 is 0 Å². The Bertz CT molecular complexity index is 531. The number of Topliss-reactive ketones (excluding diaryl/α,β-unsaturated/α-hetero) is 1. The molecule has 0 bridgehead atoms. The van der Waals surface area contributed by atoms with E-state index in [1.807, 2.05) is 0 Å². The van der Waals surface area contributed by atoms with Crippen molar-refractivity contribution in [3.63, 3.8) is 0 Å². The van der Waals surface area contributed by atoms with Crippen LogP contribution in [-0.4, -0.2) is 23.8 Å². The van der Waals surface area contributed by atoms with E-state index in [9.17, 15) is 35.5 Å². The van der Waals surface area contributed by atoms with Crippen LogP contribution in [0.1, 0.15) is 21.5 Å². The van der Waals surface area contributed by atoms with Crippen molar-refractivity contribution in [2.24, 2.45) is 0 Å². The van der Waals surface area contributed by atoms with Crippen molar-refractivity contribution < 1.29 is 35.5 Å². The van der Waals surface area contributed by atoms with Crippen LogP contribution in [0, 0.1) is 13.8 Å². The largest absolute Gasteiger partial charge is 0.460 e. The van der Waals surface area contributed by atoms with E-state index in [2.05, 4.69) is 0 Å². The zero-order valence-corrected chi connectivity index (χ0v) is 10.3. The molecule has 0 aliphatic heterocycles. The second-order valence-corrected chi connectivity index (χ2v) is 4.22. The van der Waals surface area contributed by atoms with Crippen LogP contribution in [0.15, 0.2) is 18.2 Å². The zero-order chi connectivity index (χ0) is 15.9. The molecule has 0 aromatic heterocycles. The van der Waals surface area contributed by atoms with E-state index in [1.54, 1.807) is 0 Å². The fraction of sp³-hybridized carbons (Fsp3) is 0.417. The Balaban J connectivity index is 3.36. The van der Waals surface area contributed by atoms with E-state index in [1.165, 1.54) is 19.9 Å². The Labute approximate surface area is 109 Å². The predicted molar refractivity (Wildman–Crippen MR) is 56.2 cm³/mol. The SMILES string of the molecule is Cc1cccc(C(=O)C(F)(F)C(F)(F)C(F)(F)F)c1C. The number of hydrogen-bond donors (Lipinski definition) is 0. The summed E-state index contributed by atoms with van der Waals surface area (Å²) in [6.45, 7) is 2.59. The molecule has 0 saturated heterocycles. The molecule has 1 nitrogen and oxygen atoms in total. The van der Waals surface area contributed by atoms with Crippen molar-refractivity contribution >= 4 is 5.78 Å². The van der Waals surface area contributed by atoms with Crippen LogP contribution in [-0.2, 0) is 0 Å². The third-order valence-corrected chi connectivity index (χ3v) is 2.88. The highest BCUT2D eigenvalue weighted by Gasteiger charge is 2.76. The summed E-state index contributed by atoms with van der Waals surface area (Å²) < 4.78 is 88.1. The molecule has 0 N–H and O–H groups in total. The Kier molecular flexibility index (Phi) is 3.91. The fourth-order valence-electron chi connectivity index (χ4n) is 1.49. The van der Waals surface area contributed by atoms with Crippen LogP contribution in [0.3, 0.4) is 0 Å². The van der Waals surface area contributed by atoms with Crippen molar-refractivity contribution in [3.8, 4) is 0 Å². The monoisotopic (exact) mass is 302 g/mol. The van der Waals surface area contributed by atoms with E-state index >= 15 is 0 Å². The van der Waals surface area contributed by atoms with Gasteiger partial charge in [-0.2, -0.15) is 30.7 Å². The average Bonchev–Trinajstić information content (AvgIpc) is 2.30. The van der Waals surface area contributed by atoms with Crippen molar-refractivity contribution in [2.75, 3.05) is 0 Å². The standard InChI is InChI=1S/C12H9F7O/c1-6-4-3-5-8(7(6)2)9(20)10(13,14)11(15,16)12(17,18)19/h3-5H,1-2H3. The molecule has 0 saturated carbocycles. The van der Waals surface area contributed by atoms with E-state index in [4.69, 9.17) is 0 Å². The summed E-state index contributed by atoms with van der Waals surface area (Å²) >= 11 is 0. The number of carbonyl (C=O) groups is 1. The minimum atomic E-state index is -6.52. The first-order chi connectivity index (χ1) is 8.84. The Morgan fingerprint density at radius 1 is 0.950 bits per heavy atom. The number of halogens is 7. The van der Waals surface area contributed by atoms with Gasteiger partial charge in [-0.15, -0.1) is 0 Å². The van der Waals surface area contributed by atoms with Gasteiger partial charge in [0.25, 0.3) is 0 Å². The highest BCUT2D eigenvalue weighted by atomic mass is 19.4. The molecule has 0 aliphatic carbocycles. The Morgan fingerprint density at radius 2 is 1.45 bits per heavy atom. The van der Waals surface area contributed by atoms with Gasteiger partial charge in [-0.25, -0.2) is 0 Å². The summed E-state index contributed by atoms with van der Waals surface area (Å²) in [5.41, 5.74) is -0.615. The van der Waals surface area contributed by atoms with Gasteiger partial charge in [-0.1, -0.05) is 18.2 Å². The molecule has 0 atom stereocenters. The molecular weight excluding hydrogens is 293 g/mol. The molecule has 0 unspecified atom stereocenters. The van der Waals surface area contributed by atoms with Crippen molar-refractivity contribution in [1.82, 2.24) is 0 Å². The molecule has 0 aliphatic rings. The molecule has 0 radical (unpaired) electrons. The van der Waals surface area contributed by atoms with Gasteiger partial charge in [0.2, 0.25) is 5.78 Å². The minimum Gasteiger partial charge on any atom is -0.287 e. The Hall–Kier alpha value is -1.60. The maximum atomic E-state index is 13.3. The normalized spacial score (nSPS) is 13.4. The lowest BCUT2D eigenvalue weighted by molar-refractivity contribution is -0.339. The molecule has 1 rings (SSSR count). The van der Waals surface area contributed by atoms with E-state index in [0.29, 0.717) is 5.56 Å². The minimum absolute atomic E-state index is 0.0739. The number of alkyl halides is 7. The first kappa shape index (κ1) is 16.5. The second kappa shape index (κ2) is 4.75. The average molecular weight is 302 g/mol. The first-order valence-electron chi connectivity index (χ1n) is 5.27. The van der Waals surface area contributed by atoms with Crippen LogP contribution in [0.2, 0.25) is 0 Å². The summed E-state index contributed by atoms with van der Waals surface area (Å²) in [4.78, 5) is 11.4. The van der Waals surface area contributed by atoms with Gasteiger partial charge in [-0.3, -0.25) is 4.79 Å². The maximum Gasteiger partial charge on any atom is 0.460 e. The van der Waals surface area contributed by atoms with Crippen molar-refractivity contribution in [1.29, 1.82) is 0 Å². The maximum absolute atomic E-state index is 13.3. The van der Waals surface area contributed by atoms with Crippen LogP contribution in [0.25, 0.3) is 0 Å². The molecule has 20 heavy (non-hydrogen) atoms. The number of rotatable bonds is 3. The first-order valence-corrected chi connectivity index (χ1v) is 5.27. The van der Waals surface area contributed by atoms with Gasteiger partial charge in [0.05, 0.1) is 0 Å². The lowest BCUT2D eigenvalue weighted by atomic mass is 9.94. The molecule has 0 heterocycles. The molecule has 0 fully saturated rings. The van der Waals surface area contributed by atoms with Crippen LogP contribution in [0.4, 0.5) is 30.7 Å².